The zero-order valence-corrected chi connectivity index (χ0v) is 27.5. The zero-order chi connectivity index (χ0) is 41.8. The molecule has 296 valence electrons. The average Bonchev–Trinajstić information content (AvgIpc) is 3.83. The summed E-state index contributed by atoms with van der Waals surface area (Å²) >= 11 is 0. The van der Waals surface area contributed by atoms with Crippen molar-refractivity contribution >= 4 is 40.8 Å². The van der Waals surface area contributed by atoms with Crippen LogP contribution in [0.4, 0.5) is 64.6 Å². The Kier molecular flexibility index (Phi) is 13.8. The highest BCUT2D eigenvalue weighted by atomic mass is 19.4. The number of aromatic amines is 1. The Morgan fingerprint density at radius 1 is 0.768 bits per heavy atom. The standard InChI is InChI=1S/C11H9F3N6O3.C9H7F3N2O4.C8H7N5O2/c12-11(13,14)5-17-10(21)19-4-6(3-18-19)7-1-2-16-9(15)8(7)20(22)23;10-9(11,12)5-13-8(15)18-7-3-1-6(2-4-7)14(16)17;9-8-7(13(14)15)6(1-2-10-8)5-3-11-12-4-5/h1-4H,5H2,(H2,15,16)(H,17,21);1-4H,5H2,(H,13,15);1-4H,(H2,9,10)(H,11,12). The minimum absolute atomic E-state index is 0.0392. The number of H-pyrrole nitrogens is 1. The van der Waals surface area contributed by atoms with Gasteiger partial charge in [0.25, 0.3) is 5.69 Å². The van der Waals surface area contributed by atoms with Gasteiger partial charge in [0, 0.05) is 48.0 Å². The molecule has 0 fully saturated rings. The Morgan fingerprint density at radius 2 is 1.29 bits per heavy atom. The van der Waals surface area contributed by atoms with Crippen molar-refractivity contribution < 1.29 is 55.4 Å². The molecule has 0 bridgehead atoms. The predicted molar refractivity (Wildman–Crippen MR) is 177 cm³/mol. The molecule has 7 N–H and O–H groups in total. The van der Waals surface area contributed by atoms with Crippen LogP contribution in [0.15, 0.2) is 73.6 Å². The van der Waals surface area contributed by atoms with Gasteiger partial charge < -0.3 is 26.8 Å². The summed E-state index contributed by atoms with van der Waals surface area (Å²) < 4.78 is 76.5. The Bertz CT molecular complexity index is 2180. The summed E-state index contributed by atoms with van der Waals surface area (Å²) in [5.41, 5.74) is 11.2. The number of nitrogens with one attached hydrogen (secondary N) is 3. The highest BCUT2D eigenvalue weighted by molar-refractivity contribution is 5.82. The highest BCUT2D eigenvalue weighted by Gasteiger charge is 2.29. The second-order valence-corrected chi connectivity index (χ2v) is 10.2. The van der Waals surface area contributed by atoms with E-state index in [0.29, 0.717) is 15.8 Å². The van der Waals surface area contributed by atoms with Crippen molar-refractivity contribution in [1.29, 1.82) is 0 Å². The Balaban J connectivity index is 0.000000231. The van der Waals surface area contributed by atoms with E-state index in [1.807, 2.05) is 0 Å². The van der Waals surface area contributed by atoms with E-state index in [0.717, 1.165) is 36.7 Å². The lowest BCUT2D eigenvalue weighted by molar-refractivity contribution is -0.384. The van der Waals surface area contributed by atoms with Gasteiger partial charge in [-0.15, -0.1) is 0 Å². The third-order valence-electron chi connectivity index (χ3n) is 6.31. The van der Waals surface area contributed by atoms with Crippen LogP contribution >= 0.6 is 0 Å². The van der Waals surface area contributed by atoms with E-state index in [9.17, 15) is 66.3 Å². The normalized spacial score (nSPS) is 10.8. The second-order valence-electron chi connectivity index (χ2n) is 10.2. The number of hydrogen-bond acceptors (Lipinski definition) is 15. The number of rotatable bonds is 8. The summed E-state index contributed by atoms with van der Waals surface area (Å²) in [6, 6.07) is 6.01. The fourth-order valence-corrected chi connectivity index (χ4v) is 3.97. The lowest BCUT2D eigenvalue weighted by atomic mass is 10.1. The molecule has 0 aliphatic heterocycles. The molecule has 56 heavy (non-hydrogen) atoms. The summed E-state index contributed by atoms with van der Waals surface area (Å²) in [5.74, 6) is -0.527. The van der Waals surface area contributed by atoms with Gasteiger partial charge in [-0.3, -0.25) is 35.4 Å². The first-order valence-electron chi connectivity index (χ1n) is 14.6. The maximum atomic E-state index is 12.0. The topological polar surface area (TPSA) is 321 Å². The largest absolute Gasteiger partial charge is 0.412 e. The van der Waals surface area contributed by atoms with E-state index < -0.39 is 58.0 Å². The molecule has 5 aromatic rings. The number of nitro benzene ring substituents is 1. The van der Waals surface area contributed by atoms with Crippen molar-refractivity contribution in [3.05, 3.63) is 104 Å². The van der Waals surface area contributed by atoms with Crippen molar-refractivity contribution in [2.75, 3.05) is 24.6 Å². The number of anilines is 2. The fraction of sp³-hybridized carbons (Fsp3) is 0.143. The lowest BCUT2D eigenvalue weighted by Gasteiger charge is -2.08. The van der Waals surface area contributed by atoms with E-state index in [1.165, 1.54) is 36.0 Å². The summed E-state index contributed by atoms with van der Waals surface area (Å²) in [5, 5.41) is 45.1. The number of nitro groups is 3. The van der Waals surface area contributed by atoms with Gasteiger partial charge in [-0.2, -0.15) is 41.2 Å². The smallest absolute Gasteiger partial charge is 0.410 e. The number of non-ortho nitro benzene ring substituents is 1. The van der Waals surface area contributed by atoms with E-state index in [2.05, 4.69) is 30.0 Å². The Morgan fingerprint density at radius 3 is 1.75 bits per heavy atom. The summed E-state index contributed by atoms with van der Waals surface area (Å²) in [6.45, 7) is -3.04. The number of halogens is 6. The van der Waals surface area contributed by atoms with Gasteiger partial charge in [-0.25, -0.2) is 19.6 Å². The molecule has 2 amide bonds. The molecule has 28 heteroatoms. The molecular formula is C28H23F6N13O9. The number of hydrogen-bond donors (Lipinski definition) is 5. The Labute approximate surface area is 305 Å². The van der Waals surface area contributed by atoms with Gasteiger partial charge in [0.1, 0.15) is 18.8 Å². The first kappa shape index (κ1) is 42.5. The number of nitrogens with zero attached hydrogens (tertiary/aromatic N) is 8. The molecule has 0 spiro atoms. The number of nitrogen functional groups attached to an aromatic ring is 2. The number of alkyl halides is 6. The molecular weight excluding hydrogens is 776 g/mol. The molecule has 1 aromatic carbocycles. The van der Waals surface area contributed by atoms with Crippen molar-refractivity contribution in [3.8, 4) is 28.0 Å². The molecule has 0 atom stereocenters. The van der Waals surface area contributed by atoms with Crippen LogP contribution in [0.1, 0.15) is 0 Å². The molecule has 0 radical (unpaired) electrons. The van der Waals surface area contributed by atoms with Crippen LogP contribution in [0.5, 0.6) is 5.75 Å². The summed E-state index contributed by atoms with van der Waals surface area (Å²) in [4.78, 5) is 59.9. The minimum Gasteiger partial charge on any atom is -0.410 e. The van der Waals surface area contributed by atoms with Gasteiger partial charge in [-0.05, 0) is 24.3 Å². The maximum Gasteiger partial charge on any atom is 0.412 e. The molecule has 4 aromatic heterocycles. The molecule has 5 rings (SSSR count). The number of nitrogens with two attached hydrogens (primary N) is 2. The molecule has 0 aliphatic carbocycles. The second kappa shape index (κ2) is 18.2. The molecule has 0 saturated heterocycles. The van der Waals surface area contributed by atoms with E-state index in [4.69, 9.17) is 11.5 Å². The van der Waals surface area contributed by atoms with E-state index >= 15 is 0 Å². The number of aromatic nitrogens is 6. The number of pyridine rings is 2. The van der Waals surface area contributed by atoms with Crippen molar-refractivity contribution in [2.45, 2.75) is 12.4 Å². The summed E-state index contributed by atoms with van der Waals surface area (Å²) in [7, 11) is 0. The van der Waals surface area contributed by atoms with E-state index in [-0.39, 0.29) is 39.9 Å². The number of carbonyl (C=O) groups excluding carboxylic acids is 2. The number of benzene rings is 1. The van der Waals surface area contributed by atoms with Crippen molar-refractivity contribution in [2.24, 2.45) is 0 Å². The third-order valence-corrected chi connectivity index (χ3v) is 6.31. The first-order valence-corrected chi connectivity index (χ1v) is 14.6. The van der Waals surface area contributed by atoms with E-state index in [1.54, 1.807) is 11.5 Å². The van der Waals surface area contributed by atoms with Crippen molar-refractivity contribution in [1.82, 2.24) is 40.6 Å². The van der Waals surface area contributed by atoms with Crippen LogP contribution in [-0.4, -0.2) is 82.3 Å². The van der Waals surface area contributed by atoms with Gasteiger partial charge in [-0.1, -0.05) is 0 Å². The van der Waals surface area contributed by atoms with Crippen LogP contribution in [0.2, 0.25) is 0 Å². The predicted octanol–water partition coefficient (Wildman–Crippen LogP) is 4.76. The third kappa shape index (κ3) is 12.6. The van der Waals surface area contributed by atoms with Gasteiger partial charge in [0.05, 0.1) is 38.3 Å². The maximum absolute atomic E-state index is 12.0. The van der Waals surface area contributed by atoms with Crippen LogP contribution in [0, 0.1) is 30.3 Å². The lowest BCUT2D eigenvalue weighted by Crippen LogP contribution is -2.36. The molecule has 0 saturated carbocycles. The summed E-state index contributed by atoms with van der Waals surface area (Å²) in [6.07, 6.45) is -2.56. The molecule has 0 aliphatic rings. The number of carbonyl (C=O) groups is 2. The molecule has 22 nitrogen and oxygen atoms in total. The van der Waals surface area contributed by atoms with Crippen LogP contribution in [0.25, 0.3) is 22.3 Å². The van der Waals surface area contributed by atoms with Crippen LogP contribution in [-0.2, 0) is 0 Å². The zero-order valence-electron chi connectivity index (χ0n) is 27.5. The first-order chi connectivity index (χ1) is 26.2. The Hall–Kier alpha value is -7.94. The van der Waals surface area contributed by atoms with Gasteiger partial charge in [0.15, 0.2) is 0 Å². The fourth-order valence-electron chi connectivity index (χ4n) is 3.97. The minimum atomic E-state index is -4.57. The monoisotopic (exact) mass is 799 g/mol. The van der Waals surface area contributed by atoms with Gasteiger partial charge in [0.2, 0.25) is 11.6 Å². The quantitative estimate of drug-likeness (QED) is 0.0802. The molecule has 4 heterocycles. The average molecular weight is 800 g/mol. The number of ether oxygens (including phenoxy) is 1. The van der Waals surface area contributed by atoms with Crippen LogP contribution < -0.4 is 26.8 Å². The highest BCUT2D eigenvalue weighted by Crippen LogP contribution is 2.33. The molecule has 0 unspecified atom stereocenters. The van der Waals surface area contributed by atoms with Crippen molar-refractivity contribution in [3.63, 3.8) is 0 Å². The van der Waals surface area contributed by atoms with Gasteiger partial charge >= 0.3 is 35.9 Å². The number of amides is 2. The SMILES string of the molecule is Nc1nccc(-c2cn[nH]c2)c1[N+](=O)[O-].Nc1nccc(-c2cnn(C(=O)NCC(F)(F)F)c2)c1[N+](=O)[O-].O=C(NCC(F)(F)F)Oc1ccc([N+](=O)[O-])cc1. The van der Waals surface area contributed by atoms with Crippen LogP contribution in [0.3, 0.4) is 0 Å².